The van der Waals surface area contributed by atoms with Crippen LogP contribution in [0.5, 0.6) is 11.5 Å². The molecule has 0 aliphatic rings. The van der Waals surface area contributed by atoms with E-state index in [2.05, 4.69) is 27.9 Å². The van der Waals surface area contributed by atoms with Crippen LogP contribution in [0.3, 0.4) is 0 Å². The molecule has 2 rings (SSSR count). The van der Waals surface area contributed by atoms with Gasteiger partial charge in [-0.15, -0.1) is 0 Å². The number of anilines is 1. The maximum atomic E-state index is 12.2. The number of carbonyl (C=O) groups excluding carboxylic acids is 1. The molecule has 0 fully saturated rings. The number of halogens is 2. The first-order valence-electron chi connectivity index (χ1n) is 6.03. The normalized spacial score (nSPS) is 10.1. The van der Waals surface area contributed by atoms with E-state index >= 15 is 0 Å². The van der Waals surface area contributed by atoms with E-state index in [4.69, 9.17) is 21.1 Å². The third kappa shape index (κ3) is 4.01. The predicted octanol–water partition coefficient (Wildman–Crippen LogP) is 4.21. The molecule has 0 saturated heterocycles. The molecule has 1 N–H and O–H groups in total. The molecule has 0 atom stereocenters. The van der Waals surface area contributed by atoms with Gasteiger partial charge in [-0.2, -0.15) is 0 Å². The van der Waals surface area contributed by atoms with Crippen LogP contribution >= 0.6 is 34.2 Å². The van der Waals surface area contributed by atoms with Crippen molar-refractivity contribution in [3.8, 4) is 11.5 Å². The first-order valence-corrected chi connectivity index (χ1v) is 7.48. The van der Waals surface area contributed by atoms with Crippen LogP contribution in [-0.4, -0.2) is 20.1 Å². The minimum absolute atomic E-state index is 0.222. The van der Waals surface area contributed by atoms with Crippen molar-refractivity contribution in [3.05, 3.63) is 50.6 Å². The zero-order chi connectivity index (χ0) is 15.4. The SMILES string of the molecule is COc1cc(NC(=O)c2ccc(Cl)c(I)c2)cc(OC)c1. The lowest BCUT2D eigenvalue weighted by Gasteiger charge is -2.10. The molecule has 21 heavy (non-hydrogen) atoms. The Hall–Kier alpha value is -1.47. The van der Waals surface area contributed by atoms with E-state index in [1.165, 1.54) is 0 Å². The van der Waals surface area contributed by atoms with Crippen molar-refractivity contribution in [3.63, 3.8) is 0 Å². The quantitative estimate of drug-likeness (QED) is 0.758. The van der Waals surface area contributed by atoms with Crippen LogP contribution in [0.1, 0.15) is 10.4 Å². The lowest BCUT2D eigenvalue weighted by molar-refractivity contribution is 0.102. The number of amides is 1. The van der Waals surface area contributed by atoms with Gasteiger partial charge < -0.3 is 14.8 Å². The van der Waals surface area contributed by atoms with E-state index in [1.54, 1.807) is 50.6 Å². The van der Waals surface area contributed by atoms with Crippen molar-refractivity contribution in [2.45, 2.75) is 0 Å². The van der Waals surface area contributed by atoms with Crippen LogP contribution in [0.4, 0.5) is 5.69 Å². The summed E-state index contributed by atoms with van der Waals surface area (Å²) < 4.78 is 11.2. The Morgan fingerprint density at radius 2 is 1.71 bits per heavy atom. The Morgan fingerprint density at radius 1 is 1.10 bits per heavy atom. The molecule has 4 nitrogen and oxygen atoms in total. The van der Waals surface area contributed by atoms with Gasteiger partial charge in [-0.3, -0.25) is 4.79 Å². The number of carbonyl (C=O) groups is 1. The Kier molecular flexibility index (Phi) is 5.30. The summed E-state index contributed by atoms with van der Waals surface area (Å²) in [6.07, 6.45) is 0. The summed E-state index contributed by atoms with van der Waals surface area (Å²) >= 11 is 8.04. The standard InChI is InChI=1S/C15H13ClINO3/c1-20-11-6-10(7-12(8-11)21-2)18-15(19)9-3-4-13(16)14(17)5-9/h3-8H,1-2H3,(H,18,19). The van der Waals surface area contributed by atoms with Crippen molar-refractivity contribution >= 4 is 45.8 Å². The largest absolute Gasteiger partial charge is 0.497 e. The van der Waals surface area contributed by atoms with Gasteiger partial charge in [-0.1, -0.05) is 11.6 Å². The number of hydrogen-bond acceptors (Lipinski definition) is 3. The highest BCUT2D eigenvalue weighted by Crippen LogP contribution is 2.26. The van der Waals surface area contributed by atoms with Crippen LogP contribution in [0.15, 0.2) is 36.4 Å². The van der Waals surface area contributed by atoms with Crippen LogP contribution in [0.25, 0.3) is 0 Å². The van der Waals surface area contributed by atoms with E-state index in [0.717, 1.165) is 3.57 Å². The van der Waals surface area contributed by atoms with E-state index in [-0.39, 0.29) is 5.91 Å². The molecule has 0 aromatic heterocycles. The molecule has 0 saturated carbocycles. The lowest BCUT2D eigenvalue weighted by atomic mass is 10.2. The number of methoxy groups -OCH3 is 2. The smallest absolute Gasteiger partial charge is 0.255 e. The summed E-state index contributed by atoms with van der Waals surface area (Å²) in [7, 11) is 3.11. The van der Waals surface area contributed by atoms with Crippen LogP contribution in [-0.2, 0) is 0 Å². The fourth-order valence-corrected chi connectivity index (χ4v) is 2.35. The molecule has 0 spiro atoms. The first kappa shape index (κ1) is 15.9. The van der Waals surface area contributed by atoms with Gasteiger partial charge in [0.2, 0.25) is 0 Å². The second kappa shape index (κ2) is 7.00. The maximum Gasteiger partial charge on any atom is 0.255 e. The zero-order valence-electron chi connectivity index (χ0n) is 11.4. The molecule has 0 heterocycles. The number of benzene rings is 2. The average Bonchev–Trinajstić information content (AvgIpc) is 2.49. The highest BCUT2D eigenvalue weighted by atomic mass is 127. The molecule has 2 aromatic rings. The first-order chi connectivity index (χ1) is 10.0. The monoisotopic (exact) mass is 417 g/mol. The van der Waals surface area contributed by atoms with Gasteiger partial charge in [0.25, 0.3) is 5.91 Å². The molecule has 1 amide bonds. The third-order valence-corrected chi connectivity index (χ3v) is 4.33. The minimum Gasteiger partial charge on any atom is -0.497 e. The third-order valence-electron chi connectivity index (χ3n) is 2.79. The second-order valence-corrected chi connectivity index (χ2v) is 5.75. The van der Waals surface area contributed by atoms with Gasteiger partial charge in [0.05, 0.1) is 19.2 Å². The van der Waals surface area contributed by atoms with E-state index < -0.39 is 0 Å². The summed E-state index contributed by atoms with van der Waals surface area (Å²) in [5, 5.41) is 3.43. The Bertz CT molecular complexity index is 654. The minimum atomic E-state index is -0.222. The van der Waals surface area contributed by atoms with Crippen LogP contribution in [0.2, 0.25) is 5.02 Å². The van der Waals surface area contributed by atoms with Crippen molar-refractivity contribution in [2.24, 2.45) is 0 Å². The highest BCUT2D eigenvalue weighted by molar-refractivity contribution is 14.1. The molecule has 2 aromatic carbocycles. The van der Waals surface area contributed by atoms with Gasteiger partial charge in [0.1, 0.15) is 11.5 Å². The molecule has 0 bridgehead atoms. The average molecular weight is 418 g/mol. The maximum absolute atomic E-state index is 12.2. The summed E-state index contributed by atoms with van der Waals surface area (Å²) in [6, 6.07) is 10.3. The Morgan fingerprint density at radius 3 is 2.24 bits per heavy atom. The van der Waals surface area contributed by atoms with E-state index in [0.29, 0.717) is 27.8 Å². The summed E-state index contributed by atoms with van der Waals surface area (Å²) in [6.45, 7) is 0. The molecule has 110 valence electrons. The van der Waals surface area contributed by atoms with Gasteiger partial charge in [0.15, 0.2) is 0 Å². The Labute approximate surface area is 141 Å². The van der Waals surface area contributed by atoms with E-state index in [1.807, 2.05) is 0 Å². The van der Waals surface area contributed by atoms with Crippen molar-refractivity contribution in [1.29, 1.82) is 0 Å². The fraction of sp³-hybridized carbons (Fsp3) is 0.133. The lowest BCUT2D eigenvalue weighted by Crippen LogP contribution is -2.12. The van der Waals surface area contributed by atoms with Crippen molar-refractivity contribution in [2.75, 3.05) is 19.5 Å². The van der Waals surface area contributed by atoms with Crippen molar-refractivity contribution in [1.82, 2.24) is 0 Å². The summed E-state index contributed by atoms with van der Waals surface area (Å²) in [5.74, 6) is 0.991. The molecular formula is C15H13ClINO3. The number of rotatable bonds is 4. The van der Waals surface area contributed by atoms with Crippen LogP contribution in [0, 0.1) is 3.57 Å². The molecule has 0 aliphatic heterocycles. The molecule has 0 unspecified atom stereocenters. The van der Waals surface area contributed by atoms with E-state index in [9.17, 15) is 4.79 Å². The second-order valence-electron chi connectivity index (χ2n) is 4.18. The van der Waals surface area contributed by atoms with Crippen LogP contribution < -0.4 is 14.8 Å². The molecule has 0 aliphatic carbocycles. The predicted molar refractivity (Wildman–Crippen MR) is 91.7 cm³/mol. The number of ether oxygens (including phenoxy) is 2. The van der Waals surface area contributed by atoms with Gasteiger partial charge in [0, 0.05) is 33.0 Å². The highest BCUT2D eigenvalue weighted by Gasteiger charge is 2.10. The topological polar surface area (TPSA) is 47.6 Å². The van der Waals surface area contributed by atoms with Gasteiger partial charge >= 0.3 is 0 Å². The summed E-state index contributed by atoms with van der Waals surface area (Å²) in [4.78, 5) is 12.2. The van der Waals surface area contributed by atoms with Crippen molar-refractivity contribution < 1.29 is 14.3 Å². The number of nitrogens with one attached hydrogen (secondary N) is 1. The Balaban J connectivity index is 2.24. The number of hydrogen-bond donors (Lipinski definition) is 1. The zero-order valence-corrected chi connectivity index (χ0v) is 14.4. The molecular weight excluding hydrogens is 405 g/mol. The van der Waals surface area contributed by atoms with Gasteiger partial charge in [-0.25, -0.2) is 0 Å². The fourth-order valence-electron chi connectivity index (χ4n) is 1.72. The molecule has 0 radical (unpaired) electrons. The summed E-state index contributed by atoms with van der Waals surface area (Å²) in [5.41, 5.74) is 1.13. The molecule has 6 heteroatoms. The van der Waals surface area contributed by atoms with Gasteiger partial charge in [-0.05, 0) is 40.8 Å².